The smallest absolute Gasteiger partial charge is 0.239 e. The van der Waals surface area contributed by atoms with E-state index in [1.54, 1.807) is 0 Å². The third-order valence-electron chi connectivity index (χ3n) is 3.44. The average Bonchev–Trinajstić information content (AvgIpc) is 3.03. The molecule has 0 aromatic heterocycles. The highest BCUT2D eigenvalue weighted by Gasteiger charge is 2.15. The van der Waals surface area contributed by atoms with Crippen molar-refractivity contribution in [2.75, 3.05) is 31.6 Å². The predicted octanol–water partition coefficient (Wildman–Crippen LogP) is 2.43. The minimum Gasteiger partial charge on any atom is -0.493 e. The van der Waals surface area contributed by atoms with Gasteiger partial charge in [0.15, 0.2) is 0 Å². The second kappa shape index (κ2) is 8.63. The van der Waals surface area contributed by atoms with Crippen LogP contribution in [-0.4, -0.2) is 38.3 Å². The van der Waals surface area contributed by atoms with Crippen LogP contribution in [0.3, 0.4) is 0 Å². The second-order valence-corrected chi connectivity index (χ2v) is 6.02. The molecule has 1 amide bonds. The van der Waals surface area contributed by atoms with Gasteiger partial charge in [-0.3, -0.25) is 4.79 Å². The van der Waals surface area contributed by atoms with Crippen molar-refractivity contribution in [1.82, 2.24) is 5.32 Å². The standard InChI is InChI=1S/C17H26N2O3/c1-13(2)12-22-15-7-5-14(6-8-15)18-11-17(20)19-10-16-4-3-9-21-16/h5-8,13,16,18H,3-4,9-12H2,1-2H3,(H,19,20). The molecule has 1 fully saturated rings. The summed E-state index contributed by atoms with van der Waals surface area (Å²) < 4.78 is 11.1. The van der Waals surface area contributed by atoms with E-state index in [9.17, 15) is 4.79 Å². The van der Waals surface area contributed by atoms with Gasteiger partial charge in [0.05, 0.1) is 19.3 Å². The first kappa shape index (κ1) is 16.6. The zero-order valence-electron chi connectivity index (χ0n) is 13.4. The number of carbonyl (C=O) groups excluding carboxylic acids is 1. The molecule has 1 heterocycles. The third-order valence-corrected chi connectivity index (χ3v) is 3.44. The normalized spacial score (nSPS) is 17.5. The summed E-state index contributed by atoms with van der Waals surface area (Å²) in [5.74, 6) is 1.34. The van der Waals surface area contributed by atoms with E-state index in [0.29, 0.717) is 19.1 Å². The van der Waals surface area contributed by atoms with Crippen molar-refractivity contribution in [1.29, 1.82) is 0 Å². The number of hydrogen-bond acceptors (Lipinski definition) is 4. The summed E-state index contributed by atoms with van der Waals surface area (Å²) in [4.78, 5) is 11.8. The third kappa shape index (κ3) is 5.93. The van der Waals surface area contributed by atoms with Gasteiger partial charge < -0.3 is 20.1 Å². The first-order chi connectivity index (χ1) is 10.6. The van der Waals surface area contributed by atoms with Crippen molar-refractivity contribution in [3.63, 3.8) is 0 Å². The second-order valence-electron chi connectivity index (χ2n) is 6.02. The van der Waals surface area contributed by atoms with Crippen molar-refractivity contribution in [3.8, 4) is 5.75 Å². The van der Waals surface area contributed by atoms with Crippen LogP contribution in [0.15, 0.2) is 24.3 Å². The van der Waals surface area contributed by atoms with Crippen molar-refractivity contribution in [2.45, 2.75) is 32.8 Å². The summed E-state index contributed by atoms with van der Waals surface area (Å²) in [6, 6.07) is 7.66. The summed E-state index contributed by atoms with van der Waals surface area (Å²) in [7, 11) is 0. The molecule has 1 aromatic rings. The molecule has 122 valence electrons. The molecular weight excluding hydrogens is 280 g/mol. The Morgan fingerprint density at radius 2 is 2.14 bits per heavy atom. The van der Waals surface area contributed by atoms with Crippen molar-refractivity contribution < 1.29 is 14.3 Å². The molecule has 1 saturated heterocycles. The Hall–Kier alpha value is -1.75. The number of anilines is 1. The number of amides is 1. The number of carbonyl (C=O) groups is 1. The van der Waals surface area contributed by atoms with E-state index in [4.69, 9.17) is 9.47 Å². The van der Waals surface area contributed by atoms with Crippen LogP contribution < -0.4 is 15.4 Å². The molecule has 0 bridgehead atoms. The molecule has 1 atom stereocenters. The molecule has 1 aromatic carbocycles. The summed E-state index contributed by atoms with van der Waals surface area (Å²) in [6.07, 6.45) is 2.30. The maximum atomic E-state index is 11.8. The first-order valence-electron chi connectivity index (χ1n) is 7.98. The summed E-state index contributed by atoms with van der Waals surface area (Å²) in [6.45, 7) is 6.61. The molecule has 1 unspecified atom stereocenters. The van der Waals surface area contributed by atoms with E-state index in [1.165, 1.54) is 0 Å². The van der Waals surface area contributed by atoms with Crippen LogP contribution in [0, 0.1) is 5.92 Å². The minimum atomic E-state index is -0.0179. The lowest BCUT2D eigenvalue weighted by atomic mass is 10.2. The van der Waals surface area contributed by atoms with Gasteiger partial charge in [-0.25, -0.2) is 0 Å². The molecule has 0 aliphatic carbocycles. The Morgan fingerprint density at radius 3 is 2.77 bits per heavy atom. The Morgan fingerprint density at radius 1 is 1.36 bits per heavy atom. The van der Waals surface area contributed by atoms with Gasteiger partial charge in [0.1, 0.15) is 5.75 Å². The number of ether oxygens (including phenoxy) is 2. The van der Waals surface area contributed by atoms with Crippen LogP contribution in [0.2, 0.25) is 0 Å². The van der Waals surface area contributed by atoms with Gasteiger partial charge in [-0.2, -0.15) is 0 Å². The number of rotatable bonds is 8. The molecule has 5 nitrogen and oxygen atoms in total. The highest BCUT2D eigenvalue weighted by atomic mass is 16.5. The fourth-order valence-electron chi connectivity index (χ4n) is 2.21. The highest BCUT2D eigenvalue weighted by Crippen LogP contribution is 2.16. The van der Waals surface area contributed by atoms with Gasteiger partial charge in [0, 0.05) is 18.8 Å². The van der Waals surface area contributed by atoms with E-state index in [0.717, 1.165) is 30.9 Å². The van der Waals surface area contributed by atoms with Gasteiger partial charge >= 0.3 is 0 Å². The van der Waals surface area contributed by atoms with Crippen LogP contribution in [-0.2, 0) is 9.53 Å². The Kier molecular flexibility index (Phi) is 6.52. The fourth-order valence-corrected chi connectivity index (χ4v) is 2.21. The molecular formula is C17H26N2O3. The Balaban J connectivity index is 1.66. The maximum Gasteiger partial charge on any atom is 0.239 e. The predicted molar refractivity (Wildman–Crippen MR) is 87.2 cm³/mol. The van der Waals surface area contributed by atoms with Crippen molar-refractivity contribution in [2.24, 2.45) is 5.92 Å². The van der Waals surface area contributed by atoms with Gasteiger partial charge in [-0.05, 0) is 43.0 Å². The Labute approximate surface area is 132 Å². The molecule has 2 rings (SSSR count). The average molecular weight is 306 g/mol. The van der Waals surface area contributed by atoms with Crippen LogP contribution in [0.5, 0.6) is 5.75 Å². The largest absolute Gasteiger partial charge is 0.493 e. The van der Waals surface area contributed by atoms with Gasteiger partial charge in [-0.1, -0.05) is 13.8 Å². The van der Waals surface area contributed by atoms with Gasteiger partial charge in [0.2, 0.25) is 5.91 Å². The molecule has 1 aliphatic rings. The number of nitrogens with one attached hydrogen (secondary N) is 2. The zero-order valence-corrected chi connectivity index (χ0v) is 13.4. The van der Waals surface area contributed by atoms with Gasteiger partial charge in [0.25, 0.3) is 0 Å². The van der Waals surface area contributed by atoms with Crippen LogP contribution in [0.25, 0.3) is 0 Å². The van der Waals surface area contributed by atoms with E-state index in [2.05, 4.69) is 24.5 Å². The van der Waals surface area contributed by atoms with Gasteiger partial charge in [-0.15, -0.1) is 0 Å². The van der Waals surface area contributed by atoms with E-state index in [-0.39, 0.29) is 18.6 Å². The van der Waals surface area contributed by atoms with E-state index in [1.807, 2.05) is 24.3 Å². The van der Waals surface area contributed by atoms with Crippen LogP contribution in [0.4, 0.5) is 5.69 Å². The summed E-state index contributed by atoms with van der Waals surface area (Å²) >= 11 is 0. The molecule has 5 heteroatoms. The van der Waals surface area contributed by atoms with Crippen molar-refractivity contribution >= 4 is 11.6 Å². The zero-order chi connectivity index (χ0) is 15.8. The van der Waals surface area contributed by atoms with E-state index < -0.39 is 0 Å². The lowest BCUT2D eigenvalue weighted by Crippen LogP contribution is -2.35. The molecule has 0 spiro atoms. The summed E-state index contributed by atoms with van der Waals surface area (Å²) in [5.41, 5.74) is 0.907. The van der Waals surface area contributed by atoms with Crippen molar-refractivity contribution in [3.05, 3.63) is 24.3 Å². The minimum absolute atomic E-state index is 0.0179. The number of benzene rings is 1. The molecule has 22 heavy (non-hydrogen) atoms. The molecule has 2 N–H and O–H groups in total. The molecule has 1 aliphatic heterocycles. The fraction of sp³-hybridized carbons (Fsp3) is 0.588. The molecule has 0 radical (unpaired) electrons. The lowest BCUT2D eigenvalue weighted by molar-refractivity contribution is -0.119. The van der Waals surface area contributed by atoms with E-state index >= 15 is 0 Å². The Bertz CT molecular complexity index is 453. The lowest BCUT2D eigenvalue weighted by Gasteiger charge is -2.12. The topological polar surface area (TPSA) is 59.6 Å². The number of hydrogen-bond donors (Lipinski definition) is 2. The summed E-state index contributed by atoms with van der Waals surface area (Å²) in [5, 5.41) is 5.99. The quantitative estimate of drug-likeness (QED) is 0.774. The first-order valence-corrected chi connectivity index (χ1v) is 7.98. The van der Waals surface area contributed by atoms with Crippen LogP contribution >= 0.6 is 0 Å². The molecule has 0 saturated carbocycles. The SMILES string of the molecule is CC(C)COc1ccc(NCC(=O)NCC2CCCO2)cc1. The monoisotopic (exact) mass is 306 g/mol. The van der Waals surface area contributed by atoms with Crippen LogP contribution in [0.1, 0.15) is 26.7 Å². The maximum absolute atomic E-state index is 11.8. The highest BCUT2D eigenvalue weighted by molar-refractivity contribution is 5.80.